The van der Waals surface area contributed by atoms with Crippen LogP contribution in [0, 0.1) is 0 Å². The zero-order valence-electron chi connectivity index (χ0n) is 10.6. The van der Waals surface area contributed by atoms with Gasteiger partial charge in [0.2, 0.25) is 0 Å². The molecule has 1 aromatic carbocycles. The molecule has 2 rings (SSSR count). The van der Waals surface area contributed by atoms with Crippen molar-refractivity contribution in [3.63, 3.8) is 0 Å². The Labute approximate surface area is 114 Å². The van der Waals surface area contributed by atoms with Crippen LogP contribution in [0.3, 0.4) is 0 Å². The van der Waals surface area contributed by atoms with E-state index in [1.54, 1.807) is 12.1 Å². The molecule has 0 atom stereocenters. The summed E-state index contributed by atoms with van der Waals surface area (Å²) in [6, 6.07) is 9.44. The Morgan fingerprint density at radius 3 is 2.40 bits per heavy atom. The third-order valence-corrected chi connectivity index (χ3v) is 2.77. The monoisotopic (exact) mass is 285 g/mol. The van der Waals surface area contributed by atoms with Crippen LogP contribution < -0.4 is 4.74 Å². The number of alkyl halides is 3. The summed E-state index contributed by atoms with van der Waals surface area (Å²) in [5.74, 6) is -0.245. The zero-order valence-corrected chi connectivity index (χ0v) is 10.6. The molecule has 6 heteroatoms. The predicted octanol–water partition coefficient (Wildman–Crippen LogP) is 3.30. The van der Waals surface area contributed by atoms with Gasteiger partial charge in [0, 0.05) is 24.2 Å². The van der Waals surface area contributed by atoms with Crippen molar-refractivity contribution in [1.29, 1.82) is 0 Å². The molecular weight excluding hydrogens is 271 g/mol. The van der Waals surface area contributed by atoms with Crippen LogP contribution in [0.2, 0.25) is 0 Å². The summed E-state index contributed by atoms with van der Waals surface area (Å²) >= 11 is 0. The van der Waals surface area contributed by atoms with E-state index in [9.17, 15) is 13.2 Å². The first-order valence-electron chi connectivity index (χ1n) is 6.13. The van der Waals surface area contributed by atoms with E-state index >= 15 is 0 Å². The molecule has 2 aromatic rings. The molecule has 108 valence electrons. The van der Waals surface area contributed by atoms with Crippen molar-refractivity contribution in [2.75, 3.05) is 6.61 Å². The number of benzene rings is 1. The fourth-order valence-electron chi connectivity index (χ4n) is 1.94. The Bertz CT molecular complexity index is 546. The van der Waals surface area contributed by atoms with Gasteiger partial charge in [-0.05, 0) is 49.2 Å². The molecule has 0 fully saturated rings. The van der Waals surface area contributed by atoms with Crippen molar-refractivity contribution in [1.82, 2.24) is 4.57 Å². The summed E-state index contributed by atoms with van der Waals surface area (Å²) < 4.78 is 41.9. The van der Waals surface area contributed by atoms with Gasteiger partial charge in [0.1, 0.15) is 5.75 Å². The number of nitrogens with zero attached hydrogens (tertiary/aromatic N) is 1. The van der Waals surface area contributed by atoms with Gasteiger partial charge in [-0.15, -0.1) is 13.2 Å². The molecule has 0 spiro atoms. The van der Waals surface area contributed by atoms with E-state index in [1.807, 2.05) is 22.9 Å². The summed E-state index contributed by atoms with van der Waals surface area (Å²) in [6.07, 6.45) is -1.52. The first kappa shape index (κ1) is 14.5. The van der Waals surface area contributed by atoms with Crippen LogP contribution >= 0.6 is 0 Å². The maximum atomic E-state index is 12.1. The predicted molar refractivity (Wildman–Crippen MR) is 67.9 cm³/mol. The molecule has 0 bridgehead atoms. The van der Waals surface area contributed by atoms with Gasteiger partial charge in [-0.1, -0.05) is 0 Å². The van der Waals surface area contributed by atoms with Crippen LogP contribution in [-0.2, 0) is 6.42 Å². The Morgan fingerprint density at radius 1 is 1.10 bits per heavy atom. The second kappa shape index (κ2) is 6.00. The molecule has 0 saturated heterocycles. The number of ether oxygens (including phenoxy) is 1. The quantitative estimate of drug-likeness (QED) is 0.914. The molecule has 1 N–H and O–H groups in total. The molecule has 0 aliphatic heterocycles. The van der Waals surface area contributed by atoms with Crippen LogP contribution in [0.1, 0.15) is 12.1 Å². The van der Waals surface area contributed by atoms with Crippen molar-refractivity contribution in [2.45, 2.75) is 19.2 Å². The van der Waals surface area contributed by atoms with E-state index in [-0.39, 0.29) is 12.4 Å². The first-order chi connectivity index (χ1) is 9.49. The van der Waals surface area contributed by atoms with Gasteiger partial charge < -0.3 is 14.4 Å². The molecule has 0 amide bonds. The minimum Gasteiger partial charge on any atom is -0.406 e. The smallest absolute Gasteiger partial charge is 0.406 e. The Morgan fingerprint density at radius 2 is 1.80 bits per heavy atom. The molecular formula is C14H14F3NO2. The summed E-state index contributed by atoms with van der Waals surface area (Å²) in [5, 5.41) is 8.84. The number of aliphatic hydroxyl groups excluding tert-OH is 1. The minimum atomic E-state index is -4.68. The van der Waals surface area contributed by atoms with Crippen LogP contribution in [0.25, 0.3) is 5.69 Å². The molecule has 20 heavy (non-hydrogen) atoms. The SMILES string of the molecule is OCCCc1cccn1-c1ccc(OC(F)(F)F)cc1. The van der Waals surface area contributed by atoms with Gasteiger partial charge in [0.25, 0.3) is 0 Å². The highest BCUT2D eigenvalue weighted by Crippen LogP contribution is 2.24. The number of hydrogen-bond acceptors (Lipinski definition) is 2. The molecule has 1 aromatic heterocycles. The maximum absolute atomic E-state index is 12.1. The van der Waals surface area contributed by atoms with Gasteiger partial charge in [-0.2, -0.15) is 0 Å². The van der Waals surface area contributed by atoms with Gasteiger partial charge in [0.05, 0.1) is 0 Å². The lowest BCUT2D eigenvalue weighted by atomic mass is 10.2. The molecule has 0 aliphatic rings. The number of aliphatic hydroxyl groups is 1. The van der Waals surface area contributed by atoms with Crippen LogP contribution in [0.4, 0.5) is 13.2 Å². The van der Waals surface area contributed by atoms with Crippen molar-refractivity contribution in [2.24, 2.45) is 0 Å². The van der Waals surface area contributed by atoms with E-state index in [2.05, 4.69) is 4.74 Å². The molecule has 1 heterocycles. The number of aryl methyl sites for hydroxylation is 1. The van der Waals surface area contributed by atoms with Crippen LogP contribution in [-0.4, -0.2) is 22.6 Å². The highest BCUT2D eigenvalue weighted by atomic mass is 19.4. The molecule has 0 aliphatic carbocycles. The van der Waals surface area contributed by atoms with E-state index in [0.29, 0.717) is 12.8 Å². The maximum Gasteiger partial charge on any atom is 0.573 e. The number of halogens is 3. The van der Waals surface area contributed by atoms with Crippen molar-refractivity contribution in [3.8, 4) is 11.4 Å². The van der Waals surface area contributed by atoms with E-state index < -0.39 is 6.36 Å². The summed E-state index contributed by atoms with van der Waals surface area (Å²) in [6.45, 7) is 0.101. The van der Waals surface area contributed by atoms with Gasteiger partial charge in [-0.25, -0.2) is 0 Å². The van der Waals surface area contributed by atoms with Crippen molar-refractivity contribution < 1.29 is 23.0 Å². The normalized spacial score (nSPS) is 11.6. The third-order valence-electron chi connectivity index (χ3n) is 2.77. The fraction of sp³-hybridized carbons (Fsp3) is 0.286. The van der Waals surface area contributed by atoms with Crippen LogP contribution in [0.5, 0.6) is 5.75 Å². The third kappa shape index (κ3) is 3.77. The number of hydrogen-bond donors (Lipinski definition) is 1. The summed E-state index contributed by atoms with van der Waals surface area (Å²) in [7, 11) is 0. The average Bonchev–Trinajstić information content (AvgIpc) is 2.83. The largest absolute Gasteiger partial charge is 0.573 e. The Hall–Kier alpha value is -1.95. The number of aromatic nitrogens is 1. The molecule has 0 radical (unpaired) electrons. The highest BCUT2D eigenvalue weighted by Gasteiger charge is 2.30. The lowest BCUT2D eigenvalue weighted by Crippen LogP contribution is -2.17. The van der Waals surface area contributed by atoms with E-state index in [1.165, 1.54) is 12.1 Å². The average molecular weight is 285 g/mol. The van der Waals surface area contributed by atoms with Crippen molar-refractivity contribution in [3.05, 3.63) is 48.3 Å². The second-order valence-electron chi connectivity index (χ2n) is 4.24. The van der Waals surface area contributed by atoms with Crippen LogP contribution in [0.15, 0.2) is 42.6 Å². The summed E-state index contributed by atoms with van der Waals surface area (Å²) in [5.41, 5.74) is 1.74. The molecule has 0 unspecified atom stereocenters. The van der Waals surface area contributed by atoms with E-state index in [4.69, 9.17) is 5.11 Å². The lowest BCUT2D eigenvalue weighted by Gasteiger charge is -2.11. The second-order valence-corrected chi connectivity index (χ2v) is 4.24. The lowest BCUT2D eigenvalue weighted by molar-refractivity contribution is -0.274. The Kier molecular flexibility index (Phi) is 4.34. The summed E-state index contributed by atoms with van der Waals surface area (Å²) in [4.78, 5) is 0. The Balaban J connectivity index is 2.16. The highest BCUT2D eigenvalue weighted by molar-refractivity contribution is 5.39. The molecule has 3 nitrogen and oxygen atoms in total. The van der Waals surface area contributed by atoms with Gasteiger partial charge in [0.15, 0.2) is 0 Å². The molecule has 0 saturated carbocycles. The minimum absolute atomic E-state index is 0.101. The van der Waals surface area contributed by atoms with Crippen molar-refractivity contribution >= 4 is 0 Å². The van der Waals surface area contributed by atoms with Gasteiger partial charge >= 0.3 is 6.36 Å². The van der Waals surface area contributed by atoms with E-state index in [0.717, 1.165) is 11.4 Å². The number of rotatable bonds is 5. The van der Waals surface area contributed by atoms with Gasteiger partial charge in [-0.3, -0.25) is 0 Å². The fourth-order valence-corrected chi connectivity index (χ4v) is 1.94. The first-order valence-corrected chi connectivity index (χ1v) is 6.13. The zero-order chi connectivity index (χ0) is 14.6. The topological polar surface area (TPSA) is 34.4 Å². The standard InChI is InChI=1S/C14H14F3NO2/c15-14(16,17)20-13-7-5-12(6-8-13)18-9-1-3-11(18)4-2-10-19/h1,3,5-9,19H,2,4,10H2.